The summed E-state index contributed by atoms with van der Waals surface area (Å²) in [7, 11) is -3.80. The minimum Gasteiger partial charge on any atom is -0.271 e. The van der Waals surface area contributed by atoms with Crippen LogP contribution in [0.4, 0.5) is 22.2 Å². The zero-order chi connectivity index (χ0) is 25.1. The molecule has 0 aliphatic carbocycles. The summed E-state index contributed by atoms with van der Waals surface area (Å²) in [6.07, 6.45) is 2.80. The zero-order valence-electron chi connectivity index (χ0n) is 18.6. The molecular weight excluding hydrogens is 498 g/mol. The molecule has 180 valence electrons. The van der Waals surface area contributed by atoms with Crippen molar-refractivity contribution in [3.63, 3.8) is 0 Å². The van der Waals surface area contributed by atoms with E-state index >= 15 is 0 Å². The number of nitrogens with zero attached hydrogens (tertiary/aromatic N) is 4. The monoisotopic (exact) mass is 517 g/mol. The number of anilines is 3. The van der Waals surface area contributed by atoms with Crippen molar-refractivity contribution < 1.29 is 18.0 Å². The fraction of sp³-hybridized carbons (Fsp3) is 0.0400. The van der Waals surface area contributed by atoms with E-state index in [1.165, 1.54) is 58.0 Å². The highest BCUT2D eigenvalue weighted by Gasteiger charge is 2.46. The third kappa shape index (κ3) is 4.61. The first-order valence-corrected chi connectivity index (χ1v) is 13.1. The molecule has 0 radical (unpaired) electrons. The van der Waals surface area contributed by atoms with E-state index in [9.17, 15) is 18.0 Å². The molecule has 1 aliphatic rings. The number of para-hydroxylation sites is 2. The summed E-state index contributed by atoms with van der Waals surface area (Å²) >= 11 is 1.17. The number of sulfonamides is 1. The number of hydrazine groups is 1. The van der Waals surface area contributed by atoms with Crippen LogP contribution >= 0.6 is 11.3 Å². The SMILES string of the molecule is O=C1C(C=Nc2ccc(S(=O)(=O)Nc3nccs3)cc2)C(=O)N(c2ccccc2)N1c1ccccc1. The number of hydrogen-bond donors (Lipinski definition) is 1. The summed E-state index contributed by atoms with van der Waals surface area (Å²) in [6, 6.07) is 23.6. The van der Waals surface area contributed by atoms with Crippen LogP contribution in [0.3, 0.4) is 0 Å². The maximum atomic E-state index is 13.3. The number of aliphatic imine (C=N–C) groups is 1. The van der Waals surface area contributed by atoms with Crippen LogP contribution in [0.2, 0.25) is 0 Å². The number of aromatic nitrogens is 1. The van der Waals surface area contributed by atoms with Gasteiger partial charge in [0.25, 0.3) is 21.8 Å². The Balaban J connectivity index is 1.40. The largest absolute Gasteiger partial charge is 0.271 e. The second-order valence-electron chi connectivity index (χ2n) is 7.66. The van der Waals surface area contributed by atoms with Crippen molar-refractivity contribution in [3.05, 3.63) is 96.5 Å². The number of benzene rings is 3. The van der Waals surface area contributed by atoms with Gasteiger partial charge in [-0.15, -0.1) is 11.3 Å². The highest BCUT2D eigenvalue weighted by molar-refractivity contribution is 7.93. The summed E-state index contributed by atoms with van der Waals surface area (Å²) in [6.45, 7) is 0. The molecule has 0 atom stereocenters. The number of rotatable bonds is 7. The van der Waals surface area contributed by atoms with Crippen molar-refractivity contribution in [1.29, 1.82) is 0 Å². The summed E-state index contributed by atoms with van der Waals surface area (Å²) in [5.74, 6) is -2.02. The van der Waals surface area contributed by atoms with Gasteiger partial charge < -0.3 is 0 Å². The number of carbonyl (C=O) groups is 2. The molecule has 0 saturated carbocycles. The van der Waals surface area contributed by atoms with Gasteiger partial charge in [0.05, 0.1) is 22.0 Å². The van der Waals surface area contributed by atoms with E-state index in [1.54, 1.807) is 53.9 Å². The number of carbonyl (C=O) groups excluding carboxylic acids is 2. The molecule has 36 heavy (non-hydrogen) atoms. The smallest absolute Gasteiger partial charge is 0.264 e. The van der Waals surface area contributed by atoms with E-state index in [4.69, 9.17) is 0 Å². The Hall–Kier alpha value is -4.35. The van der Waals surface area contributed by atoms with Crippen molar-refractivity contribution in [3.8, 4) is 0 Å². The van der Waals surface area contributed by atoms with Gasteiger partial charge >= 0.3 is 0 Å². The van der Waals surface area contributed by atoms with Crippen LogP contribution in [0.15, 0.2) is 106 Å². The molecule has 0 unspecified atom stereocenters. The maximum absolute atomic E-state index is 13.3. The van der Waals surface area contributed by atoms with E-state index < -0.39 is 27.8 Å². The van der Waals surface area contributed by atoms with Crippen LogP contribution in [-0.4, -0.2) is 31.4 Å². The third-order valence-electron chi connectivity index (χ3n) is 5.32. The van der Waals surface area contributed by atoms with Crippen molar-refractivity contribution in [2.45, 2.75) is 4.90 Å². The van der Waals surface area contributed by atoms with E-state index in [2.05, 4.69) is 14.7 Å². The van der Waals surface area contributed by atoms with Gasteiger partial charge in [-0.2, -0.15) is 0 Å². The molecule has 1 N–H and O–H groups in total. The molecule has 3 aromatic carbocycles. The Kier molecular flexibility index (Phi) is 6.32. The van der Waals surface area contributed by atoms with Crippen molar-refractivity contribution >= 4 is 61.6 Å². The van der Waals surface area contributed by atoms with Crippen LogP contribution in [0, 0.1) is 5.92 Å². The first-order chi connectivity index (χ1) is 17.4. The number of amides is 2. The second-order valence-corrected chi connectivity index (χ2v) is 10.2. The lowest BCUT2D eigenvalue weighted by atomic mass is 10.1. The summed E-state index contributed by atoms with van der Waals surface area (Å²) in [5.41, 5.74) is 1.50. The Bertz CT molecular complexity index is 1450. The second kappa shape index (κ2) is 9.72. The fourth-order valence-electron chi connectivity index (χ4n) is 3.64. The van der Waals surface area contributed by atoms with Gasteiger partial charge in [-0.05, 0) is 48.5 Å². The van der Waals surface area contributed by atoms with Gasteiger partial charge in [-0.1, -0.05) is 36.4 Å². The average Bonchev–Trinajstić information content (AvgIpc) is 3.49. The van der Waals surface area contributed by atoms with Gasteiger partial charge in [-0.25, -0.2) is 23.4 Å². The van der Waals surface area contributed by atoms with Crippen molar-refractivity contribution in [2.75, 3.05) is 14.7 Å². The first kappa shape index (κ1) is 23.4. The van der Waals surface area contributed by atoms with Crippen LogP contribution in [0.5, 0.6) is 0 Å². The van der Waals surface area contributed by atoms with Gasteiger partial charge in [0.15, 0.2) is 11.0 Å². The Labute approximate surface area is 211 Å². The molecule has 2 heterocycles. The Morgan fingerprint density at radius 1 is 0.833 bits per heavy atom. The average molecular weight is 518 g/mol. The molecule has 0 bridgehead atoms. The van der Waals surface area contributed by atoms with E-state index in [1.807, 2.05) is 12.1 Å². The molecular formula is C25H19N5O4S2. The molecule has 1 saturated heterocycles. The minimum atomic E-state index is -3.80. The molecule has 9 nitrogen and oxygen atoms in total. The molecule has 2 amide bonds. The standard InChI is InChI=1S/C25H19N5O4S2/c31-23-22(17-27-18-11-13-21(14-12-18)36(33,34)28-25-26-15-16-35-25)24(32)30(20-9-5-2-6-10-20)29(23)19-7-3-1-4-8-19/h1-17,22H,(H,26,28). The van der Waals surface area contributed by atoms with Crippen LogP contribution in [-0.2, 0) is 19.6 Å². The van der Waals surface area contributed by atoms with Crippen LogP contribution in [0.1, 0.15) is 0 Å². The molecule has 1 aromatic heterocycles. The molecule has 5 rings (SSSR count). The number of nitrogens with one attached hydrogen (secondary N) is 1. The van der Waals surface area contributed by atoms with Crippen molar-refractivity contribution in [2.24, 2.45) is 10.9 Å². The van der Waals surface area contributed by atoms with E-state index in [0.717, 1.165) is 0 Å². The topological polar surface area (TPSA) is 112 Å². The number of thiazole rings is 1. The molecule has 4 aromatic rings. The molecule has 1 fully saturated rings. The first-order valence-electron chi connectivity index (χ1n) is 10.8. The highest BCUT2D eigenvalue weighted by atomic mass is 32.2. The fourth-order valence-corrected chi connectivity index (χ4v) is 5.43. The predicted octanol–water partition coefficient (Wildman–Crippen LogP) is 4.26. The summed E-state index contributed by atoms with van der Waals surface area (Å²) in [5, 5.41) is 4.61. The molecule has 11 heteroatoms. The summed E-state index contributed by atoms with van der Waals surface area (Å²) < 4.78 is 27.4. The number of hydrogen-bond acceptors (Lipinski definition) is 7. The lowest BCUT2D eigenvalue weighted by Crippen LogP contribution is -2.41. The molecule has 0 spiro atoms. The Morgan fingerprint density at radius 3 is 1.89 bits per heavy atom. The van der Waals surface area contributed by atoms with Gasteiger partial charge in [0.2, 0.25) is 0 Å². The maximum Gasteiger partial charge on any atom is 0.264 e. The van der Waals surface area contributed by atoms with Crippen molar-refractivity contribution in [1.82, 2.24) is 4.98 Å². The Morgan fingerprint density at radius 2 is 1.39 bits per heavy atom. The lowest BCUT2D eigenvalue weighted by molar-refractivity contribution is -0.124. The quantitative estimate of drug-likeness (QED) is 0.291. The van der Waals surface area contributed by atoms with Crippen LogP contribution in [0.25, 0.3) is 0 Å². The lowest BCUT2D eigenvalue weighted by Gasteiger charge is -2.27. The van der Waals surface area contributed by atoms with Crippen LogP contribution < -0.4 is 14.7 Å². The van der Waals surface area contributed by atoms with E-state index in [-0.39, 0.29) is 10.0 Å². The van der Waals surface area contributed by atoms with Gasteiger partial charge in [0.1, 0.15) is 0 Å². The third-order valence-corrected chi connectivity index (χ3v) is 7.50. The van der Waals surface area contributed by atoms with Gasteiger partial charge in [0, 0.05) is 17.8 Å². The zero-order valence-corrected chi connectivity index (χ0v) is 20.3. The molecule has 1 aliphatic heterocycles. The van der Waals surface area contributed by atoms with E-state index in [0.29, 0.717) is 17.1 Å². The highest BCUT2D eigenvalue weighted by Crippen LogP contribution is 2.31. The van der Waals surface area contributed by atoms with Gasteiger partial charge in [-0.3, -0.25) is 19.3 Å². The predicted molar refractivity (Wildman–Crippen MR) is 139 cm³/mol. The summed E-state index contributed by atoms with van der Waals surface area (Å²) in [4.78, 5) is 34.9. The normalized spacial score (nSPS) is 14.7. The minimum absolute atomic E-state index is 0.0372.